The van der Waals surface area contributed by atoms with Crippen LogP contribution in [0.2, 0.25) is 0 Å². The summed E-state index contributed by atoms with van der Waals surface area (Å²) in [4.78, 5) is 74.9. The third kappa shape index (κ3) is 10.8. The molecule has 0 radical (unpaired) electrons. The van der Waals surface area contributed by atoms with E-state index < -0.39 is 69.4 Å². The Hall–Kier alpha value is -6.49. The first-order valence-electron chi connectivity index (χ1n) is 23.1. The number of hydrogen-bond donors (Lipinski definition) is 6. The van der Waals surface area contributed by atoms with Gasteiger partial charge in [0.05, 0.1) is 34.4 Å². The number of aromatic hydroxyl groups is 1. The number of aliphatic hydroxyl groups is 1. The summed E-state index contributed by atoms with van der Waals surface area (Å²) < 4.78 is 44.4. The number of halogens is 1. The normalized spacial score (nSPS) is 19.3. The van der Waals surface area contributed by atoms with Crippen molar-refractivity contribution < 1.29 is 47.0 Å². The molecule has 3 aliphatic rings. The SMILES string of the molecule is Cc1ncsc1-c1ccc([C@H](C)NC(=O)[C@@H]2C[C@@H](O)CN2C(=O)[C@@H](NC(=O)CCNC2CCN(C(=O)Cn3cc(-c4ccc5cc(O)c(N6CC(=O)NS6(=O)=O)c(F)c5c4)cn3)CC2)C(C)(C)C)cc1. The quantitative estimate of drug-likeness (QED) is 0.0936. The average Bonchev–Trinajstić information content (AvgIpc) is 4.11. The molecule has 70 heavy (non-hydrogen) atoms. The Labute approximate surface area is 408 Å². The molecule has 6 N–H and O–H groups in total. The van der Waals surface area contributed by atoms with E-state index in [9.17, 15) is 42.6 Å². The van der Waals surface area contributed by atoms with Crippen molar-refractivity contribution in [3.8, 4) is 27.3 Å². The minimum atomic E-state index is -4.38. The Morgan fingerprint density at radius 1 is 1.01 bits per heavy atom. The zero-order valence-corrected chi connectivity index (χ0v) is 41.1. The molecule has 3 aromatic carbocycles. The minimum absolute atomic E-state index is 0.00685. The smallest absolute Gasteiger partial charge is 0.326 e. The Morgan fingerprint density at radius 2 is 1.73 bits per heavy atom. The molecule has 0 bridgehead atoms. The number of hydrogen-bond acceptors (Lipinski definition) is 13. The first kappa shape index (κ1) is 49.9. The van der Waals surface area contributed by atoms with E-state index in [4.69, 9.17) is 0 Å². The molecule has 2 aromatic heterocycles. The number of β-amino-alcohol motifs (C(OH)–C–C–N with tert-alkyl or cyclic N) is 1. The van der Waals surface area contributed by atoms with E-state index in [1.165, 1.54) is 27.9 Å². The minimum Gasteiger partial charge on any atom is -0.506 e. The van der Waals surface area contributed by atoms with Crippen LogP contribution in [0, 0.1) is 18.2 Å². The second kappa shape index (κ2) is 20.1. The van der Waals surface area contributed by atoms with Gasteiger partial charge in [-0.15, -0.1) is 11.3 Å². The molecule has 22 heteroatoms. The molecule has 5 amide bonds. The summed E-state index contributed by atoms with van der Waals surface area (Å²) in [5.74, 6) is -3.85. The largest absolute Gasteiger partial charge is 0.506 e. The lowest BCUT2D eigenvalue weighted by Crippen LogP contribution is -2.58. The second-order valence-electron chi connectivity index (χ2n) is 19.2. The van der Waals surface area contributed by atoms with Crippen LogP contribution in [0.15, 0.2) is 66.4 Å². The maximum atomic E-state index is 15.8. The molecule has 3 fully saturated rings. The molecule has 19 nitrogen and oxygen atoms in total. The van der Waals surface area contributed by atoms with E-state index in [2.05, 4.69) is 26.0 Å². The van der Waals surface area contributed by atoms with Crippen molar-refractivity contribution in [3.05, 3.63) is 83.5 Å². The van der Waals surface area contributed by atoms with Crippen molar-refractivity contribution >= 4 is 67.5 Å². The topological polar surface area (TPSA) is 248 Å². The Bertz CT molecular complexity index is 2930. The van der Waals surface area contributed by atoms with Crippen LogP contribution in [-0.2, 0) is 40.7 Å². The summed E-state index contributed by atoms with van der Waals surface area (Å²) in [5, 5.41) is 35.2. The van der Waals surface area contributed by atoms with E-state index in [-0.39, 0.29) is 61.1 Å². The first-order valence-corrected chi connectivity index (χ1v) is 25.4. The fraction of sp³-hybridized carbons (Fsp3) is 0.438. The van der Waals surface area contributed by atoms with Crippen LogP contribution in [0.25, 0.3) is 32.3 Å². The number of aromatic nitrogens is 3. The number of anilines is 1. The van der Waals surface area contributed by atoms with Crippen molar-refractivity contribution in [1.82, 2.24) is 45.2 Å². The number of aliphatic hydroxyl groups excluding tert-OH is 1. The van der Waals surface area contributed by atoms with E-state index in [1.807, 2.05) is 58.9 Å². The van der Waals surface area contributed by atoms with Crippen molar-refractivity contribution in [2.45, 2.75) is 97.1 Å². The standard InChI is InChI=1S/C48H57FN10O9S2/c1-27(29-6-8-30(9-7-29)44-28(2)51-26-69-44)53-46(65)37-20-35(60)23-58(37)47(66)45(48(3,4)5)54-39(62)12-15-50-34-13-16-56(17-14-34)41(64)25-57-22-33(21-52-57)31-10-11-32-19-38(61)43(42(49)36(32)18-31)59-24-40(63)55-70(59,67)68/h6-11,18-19,21-22,26-27,34-35,37,45,50,60-61H,12-17,20,23-25H2,1-5H3,(H,53,65)(H,54,62)(H,55,63)/t27-,35+,37-,45+/m0/s1. The fourth-order valence-corrected chi connectivity index (χ4v) is 11.2. The highest BCUT2D eigenvalue weighted by Gasteiger charge is 2.45. The fourth-order valence-electron chi connectivity index (χ4n) is 9.20. The lowest BCUT2D eigenvalue weighted by Gasteiger charge is -2.35. The van der Waals surface area contributed by atoms with Gasteiger partial charge >= 0.3 is 10.2 Å². The van der Waals surface area contributed by atoms with Crippen LogP contribution < -0.4 is 25.0 Å². The molecule has 5 heterocycles. The van der Waals surface area contributed by atoms with E-state index in [0.717, 1.165) is 21.7 Å². The number of carbonyl (C=O) groups excluding carboxylic acids is 5. The van der Waals surface area contributed by atoms with Crippen LogP contribution in [0.3, 0.4) is 0 Å². The highest BCUT2D eigenvalue weighted by Crippen LogP contribution is 2.40. The van der Waals surface area contributed by atoms with Crippen molar-refractivity contribution in [1.29, 1.82) is 0 Å². The predicted octanol–water partition coefficient (Wildman–Crippen LogP) is 3.50. The highest BCUT2D eigenvalue weighted by atomic mass is 32.2. The van der Waals surface area contributed by atoms with Crippen LogP contribution in [0.5, 0.6) is 5.75 Å². The molecule has 372 valence electrons. The van der Waals surface area contributed by atoms with Gasteiger partial charge in [0.25, 0.3) is 5.91 Å². The van der Waals surface area contributed by atoms with Gasteiger partial charge in [-0.05, 0) is 66.3 Å². The second-order valence-corrected chi connectivity index (χ2v) is 21.6. The van der Waals surface area contributed by atoms with E-state index in [1.54, 1.807) is 44.8 Å². The number of phenolic OH excluding ortho intramolecular Hbond substituents is 1. The zero-order valence-electron chi connectivity index (χ0n) is 39.4. The van der Waals surface area contributed by atoms with Crippen LogP contribution in [0.4, 0.5) is 10.1 Å². The summed E-state index contributed by atoms with van der Waals surface area (Å²) in [6, 6.07) is 11.6. The predicted molar refractivity (Wildman–Crippen MR) is 260 cm³/mol. The molecule has 8 rings (SSSR count). The molecular formula is C48H57FN10O9S2. The first-order chi connectivity index (χ1) is 33.2. The lowest BCUT2D eigenvalue weighted by atomic mass is 9.85. The number of thiazole rings is 1. The molecule has 0 aliphatic carbocycles. The number of nitrogens with zero attached hydrogens (tertiary/aromatic N) is 6. The molecular weight excluding hydrogens is 944 g/mol. The number of rotatable bonds is 14. The number of likely N-dealkylation sites (tertiary alicyclic amines) is 2. The maximum Gasteiger partial charge on any atom is 0.326 e. The Kier molecular flexibility index (Phi) is 14.3. The van der Waals surface area contributed by atoms with Gasteiger partial charge in [-0.3, -0.25) is 28.7 Å². The third-order valence-corrected chi connectivity index (χ3v) is 15.4. The van der Waals surface area contributed by atoms with Crippen molar-refractivity contribution in [2.75, 3.05) is 37.0 Å². The monoisotopic (exact) mass is 1000 g/mol. The summed E-state index contributed by atoms with van der Waals surface area (Å²) in [7, 11) is -4.38. The van der Waals surface area contributed by atoms with Crippen LogP contribution in [-0.4, -0.2) is 130 Å². The van der Waals surface area contributed by atoms with Gasteiger partial charge in [0, 0.05) is 62.2 Å². The van der Waals surface area contributed by atoms with Crippen LogP contribution in [0.1, 0.15) is 70.7 Å². The van der Waals surface area contributed by atoms with Crippen molar-refractivity contribution in [2.24, 2.45) is 5.41 Å². The highest BCUT2D eigenvalue weighted by molar-refractivity contribution is 7.92. The molecule has 5 aromatic rings. The van der Waals surface area contributed by atoms with Crippen molar-refractivity contribution in [3.63, 3.8) is 0 Å². The lowest BCUT2D eigenvalue weighted by molar-refractivity contribution is -0.144. The Balaban J connectivity index is 0.798. The van der Waals surface area contributed by atoms with Gasteiger partial charge in [0.2, 0.25) is 23.6 Å². The van der Waals surface area contributed by atoms with Gasteiger partial charge < -0.3 is 36.0 Å². The number of aryl methyl sites for hydroxylation is 1. The molecule has 0 unspecified atom stereocenters. The zero-order chi connectivity index (χ0) is 50.2. The summed E-state index contributed by atoms with van der Waals surface area (Å²) >= 11 is 1.56. The Morgan fingerprint density at radius 3 is 2.39 bits per heavy atom. The van der Waals surface area contributed by atoms with Crippen LogP contribution >= 0.6 is 11.3 Å². The molecule has 4 atom stereocenters. The molecule has 0 saturated carbocycles. The molecule has 0 spiro atoms. The number of carbonyl (C=O) groups is 5. The molecule has 3 saturated heterocycles. The number of amides is 5. The van der Waals surface area contributed by atoms with Gasteiger partial charge in [0.1, 0.15) is 36.6 Å². The number of piperidine rings is 1. The van der Waals surface area contributed by atoms with Gasteiger partial charge in [0.15, 0.2) is 5.82 Å². The summed E-state index contributed by atoms with van der Waals surface area (Å²) in [6.45, 7) is 9.84. The summed E-state index contributed by atoms with van der Waals surface area (Å²) in [5.41, 5.74) is 4.40. The number of benzene rings is 3. The van der Waals surface area contributed by atoms with Gasteiger partial charge in [-0.1, -0.05) is 57.2 Å². The number of nitrogens with one attached hydrogen (secondary N) is 4. The number of phenols is 1. The molecule has 3 aliphatic heterocycles. The third-order valence-electron chi connectivity index (χ3n) is 13.1. The average molecular weight is 1000 g/mol. The van der Waals surface area contributed by atoms with E-state index in [0.29, 0.717) is 53.3 Å². The van der Waals surface area contributed by atoms with Gasteiger partial charge in [-0.2, -0.15) is 13.5 Å². The summed E-state index contributed by atoms with van der Waals surface area (Å²) in [6.07, 6.45) is 3.70. The van der Waals surface area contributed by atoms with Gasteiger partial charge in [-0.25, -0.2) is 18.4 Å². The number of fused-ring (bicyclic) bond motifs is 1. The maximum absolute atomic E-state index is 15.8. The van der Waals surface area contributed by atoms with E-state index >= 15 is 4.39 Å².